The molecule has 3 nitrogen and oxygen atoms in total. The van der Waals surface area contributed by atoms with Gasteiger partial charge in [-0.3, -0.25) is 4.79 Å². The molecule has 1 N–H and O–H groups in total. The Morgan fingerprint density at radius 3 is 2.73 bits per heavy atom. The van der Waals surface area contributed by atoms with Gasteiger partial charge in [0, 0.05) is 12.6 Å². The summed E-state index contributed by atoms with van der Waals surface area (Å²) >= 11 is 0. The van der Waals surface area contributed by atoms with Crippen LogP contribution in [0.15, 0.2) is 42.5 Å². The van der Waals surface area contributed by atoms with Crippen LogP contribution in [0.2, 0.25) is 0 Å². The number of amides is 1. The zero-order valence-corrected chi connectivity index (χ0v) is 12.2. The molecule has 0 bridgehead atoms. The molecule has 2 aromatic carbocycles. The Kier molecular flexibility index (Phi) is 5.47. The minimum Gasteiger partial charge on any atom is -0.494 e. The molecule has 0 aliphatic rings. The number of hydrogen-bond donors (Lipinski definition) is 1. The maximum absolute atomic E-state index is 13.4. The van der Waals surface area contributed by atoms with Crippen LogP contribution in [0.4, 0.5) is 8.78 Å². The molecule has 22 heavy (non-hydrogen) atoms. The van der Waals surface area contributed by atoms with E-state index in [-0.39, 0.29) is 5.56 Å². The average molecular weight is 305 g/mol. The minimum absolute atomic E-state index is 0.166. The zero-order valence-electron chi connectivity index (χ0n) is 12.2. The van der Waals surface area contributed by atoms with Crippen LogP contribution in [-0.4, -0.2) is 19.1 Å². The number of carbonyl (C=O) groups excluding carboxylic acids is 1. The van der Waals surface area contributed by atoms with Crippen molar-refractivity contribution in [1.82, 2.24) is 5.32 Å². The normalized spacial score (nSPS) is 10.3. The molecule has 5 heteroatoms. The molecule has 1 amide bonds. The van der Waals surface area contributed by atoms with Crippen molar-refractivity contribution >= 4 is 5.91 Å². The lowest BCUT2D eigenvalue weighted by Gasteiger charge is -2.08. The summed E-state index contributed by atoms with van der Waals surface area (Å²) < 4.78 is 31.7. The van der Waals surface area contributed by atoms with E-state index in [2.05, 4.69) is 5.32 Å². The second kappa shape index (κ2) is 7.54. The first-order chi connectivity index (χ1) is 10.6. The third-order valence-corrected chi connectivity index (χ3v) is 3.04. The van der Waals surface area contributed by atoms with Crippen LogP contribution in [0, 0.1) is 18.6 Å². The number of halogens is 2. The number of carbonyl (C=O) groups is 1. The molecule has 2 rings (SSSR count). The molecule has 0 spiro atoms. The van der Waals surface area contributed by atoms with Gasteiger partial charge in [-0.1, -0.05) is 12.1 Å². The Balaban J connectivity index is 1.73. The molecule has 0 heterocycles. The molecular formula is C17H17F2NO2. The summed E-state index contributed by atoms with van der Waals surface area (Å²) in [6, 6.07) is 10.5. The Hall–Kier alpha value is -2.43. The summed E-state index contributed by atoms with van der Waals surface area (Å²) in [5.74, 6) is -1.36. The molecule has 0 aromatic heterocycles. The number of ether oxygens (including phenoxy) is 1. The van der Waals surface area contributed by atoms with Crippen molar-refractivity contribution in [3.05, 3.63) is 65.2 Å². The maximum Gasteiger partial charge on any atom is 0.254 e. The van der Waals surface area contributed by atoms with Crippen molar-refractivity contribution in [2.75, 3.05) is 13.2 Å². The van der Waals surface area contributed by atoms with Gasteiger partial charge in [-0.25, -0.2) is 8.78 Å². The first-order valence-electron chi connectivity index (χ1n) is 6.99. The van der Waals surface area contributed by atoms with Crippen molar-refractivity contribution in [2.24, 2.45) is 0 Å². The number of aryl methyl sites for hydroxylation is 1. The second-order valence-corrected chi connectivity index (χ2v) is 4.90. The Morgan fingerprint density at radius 2 is 2.00 bits per heavy atom. The summed E-state index contributed by atoms with van der Waals surface area (Å²) in [4.78, 5) is 11.7. The quantitative estimate of drug-likeness (QED) is 0.830. The lowest BCUT2D eigenvalue weighted by atomic mass is 10.2. The van der Waals surface area contributed by atoms with E-state index in [1.165, 1.54) is 0 Å². The van der Waals surface area contributed by atoms with Crippen molar-refractivity contribution in [3.8, 4) is 5.75 Å². The highest BCUT2D eigenvalue weighted by atomic mass is 19.1. The predicted molar refractivity (Wildman–Crippen MR) is 80.0 cm³/mol. The highest BCUT2D eigenvalue weighted by Gasteiger charge is 2.11. The lowest BCUT2D eigenvalue weighted by molar-refractivity contribution is 0.0947. The number of nitrogens with one attached hydrogen (secondary N) is 1. The molecular weight excluding hydrogens is 288 g/mol. The highest BCUT2D eigenvalue weighted by Crippen LogP contribution is 2.12. The van der Waals surface area contributed by atoms with E-state index in [4.69, 9.17) is 4.74 Å². The van der Waals surface area contributed by atoms with Gasteiger partial charge in [0.15, 0.2) is 0 Å². The maximum atomic E-state index is 13.4. The molecule has 0 saturated heterocycles. The summed E-state index contributed by atoms with van der Waals surface area (Å²) in [6.07, 6.45) is 0.586. The van der Waals surface area contributed by atoms with Gasteiger partial charge in [0.05, 0.1) is 12.2 Å². The summed E-state index contributed by atoms with van der Waals surface area (Å²) in [5.41, 5.74) is 0.943. The van der Waals surface area contributed by atoms with Gasteiger partial charge in [-0.15, -0.1) is 0 Å². The molecule has 0 saturated carbocycles. The van der Waals surface area contributed by atoms with Crippen LogP contribution >= 0.6 is 0 Å². The van der Waals surface area contributed by atoms with Crippen molar-refractivity contribution in [1.29, 1.82) is 0 Å². The average Bonchev–Trinajstić information content (AvgIpc) is 2.46. The summed E-state index contributed by atoms with van der Waals surface area (Å²) in [7, 11) is 0. The van der Waals surface area contributed by atoms with E-state index in [0.29, 0.717) is 25.6 Å². The van der Waals surface area contributed by atoms with Gasteiger partial charge in [0.1, 0.15) is 17.4 Å². The fourth-order valence-corrected chi connectivity index (χ4v) is 1.94. The summed E-state index contributed by atoms with van der Waals surface area (Å²) in [6.45, 7) is 2.77. The van der Waals surface area contributed by atoms with Crippen LogP contribution < -0.4 is 10.1 Å². The highest BCUT2D eigenvalue weighted by molar-refractivity contribution is 5.94. The van der Waals surface area contributed by atoms with E-state index < -0.39 is 17.5 Å². The summed E-state index contributed by atoms with van der Waals surface area (Å²) in [5, 5.41) is 2.58. The largest absolute Gasteiger partial charge is 0.494 e. The van der Waals surface area contributed by atoms with Crippen molar-refractivity contribution < 1.29 is 18.3 Å². The number of rotatable bonds is 6. The smallest absolute Gasteiger partial charge is 0.254 e. The van der Waals surface area contributed by atoms with Gasteiger partial charge < -0.3 is 10.1 Å². The second-order valence-electron chi connectivity index (χ2n) is 4.90. The van der Waals surface area contributed by atoms with Crippen LogP contribution in [0.25, 0.3) is 0 Å². The van der Waals surface area contributed by atoms with Crippen LogP contribution in [0.1, 0.15) is 22.3 Å². The Labute approximate surface area is 127 Å². The molecule has 0 atom stereocenters. The third kappa shape index (κ3) is 4.55. The van der Waals surface area contributed by atoms with Gasteiger partial charge >= 0.3 is 0 Å². The predicted octanol–water partition coefficient (Wildman–Crippen LogP) is 3.47. The molecule has 0 unspecified atom stereocenters. The molecule has 0 aliphatic heterocycles. The van der Waals surface area contributed by atoms with Gasteiger partial charge in [-0.05, 0) is 43.2 Å². The van der Waals surface area contributed by atoms with Gasteiger partial charge in [-0.2, -0.15) is 0 Å². The fourth-order valence-electron chi connectivity index (χ4n) is 1.94. The Morgan fingerprint density at radius 1 is 1.18 bits per heavy atom. The SMILES string of the molecule is Cc1cccc(OCCCNC(=O)c2ccc(F)cc2F)c1. The minimum atomic E-state index is -0.867. The lowest BCUT2D eigenvalue weighted by Crippen LogP contribution is -2.26. The first kappa shape index (κ1) is 15.9. The topological polar surface area (TPSA) is 38.3 Å². The van der Waals surface area contributed by atoms with Gasteiger partial charge in [0.25, 0.3) is 5.91 Å². The van der Waals surface area contributed by atoms with E-state index in [1.54, 1.807) is 0 Å². The molecule has 0 fully saturated rings. The molecule has 0 aliphatic carbocycles. The number of hydrogen-bond acceptors (Lipinski definition) is 2. The van der Waals surface area contributed by atoms with Crippen LogP contribution in [0.3, 0.4) is 0 Å². The zero-order chi connectivity index (χ0) is 15.9. The molecule has 0 radical (unpaired) electrons. The van der Waals surface area contributed by atoms with E-state index in [0.717, 1.165) is 23.4 Å². The third-order valence-electron chi connectivity index (χ3n) is 3.04. The van der Waals surface area contributed by atoms with Crippen molar-refractivity contribution in [3.63, 3.8) is 0 Å². The van der Waals surface area contributed by atoms with Gasteiger partial charge in [0.2, 0.25) is 0 Å². The van der Waals surface area contributed by atoms with E-state index in [9.17, 15) is 13.6 Å². The molecule has 2 aromatic rings. The van der Waals surface area contributed by atoms with E-state index >= 15 is 0 Å². The number of benzene rings is 2. The van der Waals surface area contributed by atoms with Crippen LogP contribution in [0.5, 0.6) is 5.75 Å². The monoisotopic (exact) mass is 305 g/mol. The Bertz CT molecular complexity index is 659. The molecule has 116 valence electrons. The first-order valence-corrected chi connectivity index (χ1v) is 6.99. The van der Waals surface area contributed by atoms with Crippen molar-refractivity contribution in [2.45, 2.75) is 13.3 Å². The van der Waals surface area contributed by atoms with Crippen LogP contribution in [-0.2, 0) is 0 Å². The van der Waals surface area contributed by atoms with E-state index in [1.807, 2.05) is 31.2 Å². The fraction of sp³-hybridized carbons (Fsp3) is 0.235. The standard InChI is InChI=1S/C17H17F2NO2/c1-12-4-2-5-14(10-12)22-9-3-8-20-17(21)15-7-6-13(18)11-16(15)19/h2,4-7,10-11H,3,8-9H2,1H3,(H,20,21).